The fourth-order valence-corrected chi connectivity index (χ4v) is 2.02. The maximum atomic E-state index is 12.4. The zero-order valence-corrected chi connectivity index (χ0v) is 14.1. The number of amides is 1. The van der Waals surface area contributed by atoms with E-state index in [4.69, 9.17) is 10.5 Å². The van der Waals surface area contributed by atoms with E-state index in [0.717, 1.165) is 5.56 Å². The summed E-state index contributed by atoms with van der Waals surface area (Å²) < 4.78 is 5.18. The molecular weight excluding hydrogens is 320 g/mol. The van der Waals surface area contributed by atoms with Crippen molar-refractivity contribution in [2.75, 3.05) is 12.4 Å². The van der Waals surface area contributed by atoms with Gasteiger partial charge in [-0.25, -0.2) is 0 Å². The topological polar surface area (TPSA) is 109 Å². The summed E-state index contributed by atoms with van der Waals surface area (Å²) in [4.78, 5) is 12.4. The molecule has 0 radical (unpaired) electrons. The predicted molar refractivity (Wildman–Crippen MR) is 95.8 cm³/mol. The van der Waals surface area contributed by atoms with Gasteiger partial charge in [-0.15, -0.1) is 5.11 Å². The number of rotatable bonds is 6. The number of nitrogens with two attached hydrogens (primary N) is 1. The van der Waals surface area contributed by atoms with Crippen LogP contribution in [0.5, 0.6) is 5.75 Å². The molecule has 0 aliphatic carbocycles. The Morgan fingerprint density at radius 3 is 2.48 bits per heavy atom. The summed E-state index contributed by atoms with van der Waals surface area (Å²) in [6.45, 7) is 1.80. The van der Waals surface area contributed by atoms with Gasteiger partial charge in [0.1, 0.15) is 11.5 Å². The second kappa shape index (κ2) is 8.60. The smallest absolute Gasteiger partial charge is 0.279 e. The minimum Gasteiger partial charge on any atom is -0.510 e. The molecule has 7 nitrogen and oxygen atoms in total. The van der Waals surface area contributed by atoms with Crippen LogP contribution in [0.25, 0.3) is 0 Å². The quantitative estimate of drug-likeness (QED) is 0.423. The van der Waals surface area contributed by atoms with Crippen molar-refractivity contribution in [2.45, 2.75) is 13.5 Å². The zero-order valence-electron chi connectivity index (χ0n) is 14.1. The number of nitrogens with one attached hydrogen (secondary N) is 1. The van der Waals surface area contributed by atoms with Gasteiger partial charge in [-0.05, 0) is 36.8 Å². The third kappa shape index (κ3) is 4.89. The number of carbonyl (C=O) groups is 1. The third-order valence-corrected chi connectivity index (χ3v) is 3.35. The monoisotopic (exact) mass is 340 g/mol. The van der Waals surface area contributed by atoms with Crippen LogP contribution in [0.2, 0.25) is 0 Å². The Bertz CT molecular complexity index is 794. The highest BCUT2D eigenvalue weighted by Crippen LogP contribution is 2.24. The molecule has 0 aromatic heterocycles. The number of ether oxygens (including phenoxy) is 1. The van der Waals surface area contributed by atoms with E-state index in [-0.39, 0.29) is 11.5 Å². The molecule has 2 rings (SSSR count). The first-order chi connectivity index (χ1) is 12.0. The van der Waals surface area contributed by atoms with Crippen LogP contribution in [-0.4, -0.2) is 18.1 Å². The lowest BCUT2D eigenvalue weighted by molar-refractivity contribution is -0.113. The van der Waals surface area contributed by atoms with Crippen LogP contribution in [0.3, 0.4) is 0 Å². The highest BCUT2D eigenvalue weighted by Gasteiger charge is 2.15. The number of hydrogen-bond acceptors (Lipinski definition) is 6. The Kier molecular flexibility index (Phi) is 6.25. The fraction of sp³-hybridized carbons (Fsp3) is 0.167. The highest BCUT2D eigenvalue weighted by atomic mass is 16.5. The lowest BCUT2D eigenvalue weighted by Gasteiger charge is -2.09. The van der Waals surface area contributed by atoms with Crippen molar-refractivity contribution in [3.8, 4) is 5.75 Å². The van der Waals surface area contributed by atoms with Gasteiger partial charge in [0.05, 0.1) is 18.5 Å². The molecule has 0 heterocycles. The second-order valence-corrected chi connectivity index (χ2v) is 5.16. The number of azo groups is 1. The summed E-state index contributed by atoms with van der Waals surface area (Å²) in [6, 6.07) is 14.0. The fourth-order valence-electron chi connectivity index (χ4n) is 2.02. The minimum absolute atomic E-state index is 0.186. The molecule has 0 aliphatic heterocycles. The summed E-state index contributed by atoms with van der Waals surface area (Å²) in [5, 5.41) is 20.3. The van der Waals surface area contributed by atoms with E-state index in [9.17, 15) is 9.90 Å². The molecule has 0 saturated carbocycles. The maximum Gasteiger partial charge on any atom is 0.279 e. The summed E-state index contributed by atoms with van der Waals surface area (Å²) >= 11 is 0. The van der Waals surface area contributed by atoms with Crippen LogP contribution in [0.4, 0.5) is 11.4 Å². The number of methoxy groups -OCH3 is 1. The van der Waals surface area contributed by atoms with E-state index in [0.29, 0.717) is 23.7 Å². The first kappa shape index (κ1) is 18.2. The van der Waals surface area contributed by atoms with Crippen molar-refractivity contribution in [1.29, 1.82) is 0 Å². The molecule has 2 aromatic rings. The number of aliphatic hydroxyl groups is 1. The van der Waals surface area contributed by atoms with Crippen molar-refractivity contribution in [1.82, 2.24) is 0 Å². The van der Waals surface area contributed by atoms with Crippen LogP contribution in [-0.2, 0) is 11.3 Å². The molecule has 7 heteroatoms. The van der Waals surface area contributed by atoms with E-state index in [1.165, 1.54) is 14.0 Å². The van der Waals surface area contributed by atoms with Crippen molar-refractivity contribution < 1.29 is 14.6 Å². The molecule has 4 N–H and O–H groups in total. The lowest BCUT2D eigenvalue weighted by Crippen LogP contribution is -2.15. The number of anilines is 1. The van der Waals surface area contributed by atoms with Gasteiger partial charge >= 0.3 is 0 Å². The molecule has 1 amide bonds. The van der Waals surface area contributed by atoms with Crippen molar-refractivity contribution in [3.05, 3.63) is 65.6 Å². The van der Waals surface area contributed by atoms with Crippen LogP contribution in [0.15, 0.2) is 70.2 Å². The lowest BCUT2D eigenvalue weighted by atomic mass is 10.2. The number of hydrogen-bond donors (Lipinski definition) is 3. The number of para-hydroxylation sites is 2. The molecule has 0 fully saturated rings. The second-order valence-electron chi connectivity index (χ2n) is 5.16. The zero-order chi connectivity index (χ0) is 18.2. The van der Waals surface area contributed by atoms with E-state index < -0.39 is 5.91 Å². The van der Waals surface area contributed by atoms with Gasteiger partial charge in [0, 0.05) is 6.54 Å². The van der Waals surface area contributed by atoms with Gasteiger partial charge in [0.15, 0.2) is 5.70 Å². The highest BCUT2D eigenvalue weighted by molar-refractivity contribution is 6.04. The average molecular weight is 340 g/mol. The maximum absolute atomic E-state index is 12.4. The first-order valence-electron chi connectivity index (χ1n) is 7.60. The van der Waals surface area contributed by atoms with E-state index in [2.05, 4.69) is 15.5 Å². The Morgan fingerprint density at radius 2 is 1.88 bits per heavy atom. The minimum atomic E-state index is -0.591. The summed E-state index contributed by atoms with van der Waals surface area (Å²) in [6.07, 6.45) is 0. The van der Waals surface area contributed by atoms with Crippen molar-refractivity contribution in [3.63, 3.8) is 0 Å². The Balaban J connectivity index is 2.18. The summed E-state index contributed by atoms with van der Waals surface area (Å²) in [5.74, 6) is -0.332. The third-order valence-electron chi connectivity index (χ3n) is 3.35. The van der Waals surface area contributed by atoms with Crippen LogP contribution < -0.4 is 15.8 Å². The van der Waals surface area contributed by atoms with Gasteiger partial charge in [-0.2, -0.15) is 5.11 Å². The van der Waals surface area contributed by atoms with Gasteiger partial charge in [-0.3, -0.25) is 4.79 Å². The number of aliphatic hydroxyl groups excluding tert-OH is 1. The molecular formula is C18H20N4O3. The molecule has 0 spiro atoms. The van der Waals surface area contributed by atoms with E-state index >= 15 is 0 Å². The van der Waals surface area contributed by atoms with Crippen LogP contribution >= 0.6 is 0 Å². The molecule has 0 atom stereocenters. The number of allylic oxidation sites excluding steroid dienone is 1. The largest absolute Gasteiger partial charge is 0.510 e. The molecule has 0 aliphatic rings. The summed E-state index contributed by atoms with van der Waals surface area (Å²) in [7, 11) is 1.50. The Morgan fingerprint density at radius 1 is 1.20 bits per heavy atom. The van der Waals surface area contributed by atoms with Crippen molar-refractivity contribution in [2.24, 2.45) is 16.0 Å². The molecule has 0 bridgehead atoms. The predicted octanol–water partition coefficient (Wildman–Crippen LogP) is 3.67. The van der Waals surface area contributed by atoms with E-state index in [1.54, 1.807) is 36.4 Å². The molecule has 25 heavy (non-hydrogen) atoms. The van der Waals surface area contributed by atoms with E-state index in [1.807, 2.05) is 12.1 Å². The SMILES string of the molecule is COc1ccccc1NC(=O)/C(N=Nc1ccc(CN)cc1)=C(/C)O. The van der Waals surface area contributed by atoms with Gasteiger partial charge < -0.3 is 20.9 Å². The summed E-state index contributed by atoms with van der Waals surface area (Å²) in [5.41, 5.74) is 7.33. The Hall–Kier alpha value is -3.19. The molecule has 0 saturated heterocycles. The number of nitrogens with zero attached hydrogens (tertiary/aromatic N) is 2. The standard InChI is InChI=1S/C18H20N4O3/c1-12(23)17(22-21-14-9-7-13(11-19)8-10-14)18(24)20-15-5-3-4-6-16(15)25-2/h3-10,23H,11,19H2,1-2H3,(H,20,24)/b17-12+,22-21?. The van der Waals surface area contributed by atoms with Gasteiger partial charge in [0.2, 0.25) is 0 Å². The van der Waals surface area contributed by atoms with Crippen LogP contribution in [0, 0.1) is 0 Å². The van der Waals surface area contributed by atoms with Gasteiger partial charge in [-0.1, -0.05) is 24.3 Å². The first-order valence-corrected chi connectivity index (χ1v) is 7.60. The normalized spacial score (nSPS) is 12.0. The molecule has 130 valence electrons. The number of benzene rings is 2. The van der Waals surface area contributed by atoms with Crippen LogP contribution in [0.1, 0.15) is 12.5 Å². The molecule has 0 unspecified atom stereocenters. The Labute approximate surface area is 145 Å². The van der Waals surface area contributed by atoms with Crippen molar-refractivity contribution >= 4 is 17.3 Å². The number of carbonyl (C=O) groups excluding carboxylic acids is 1. The van der Waals surface area contributed by atoms with Gasteiger partial charge in [0.25, 0.3) is 5.91 Å². The molecule has 2 aromatic carbocycles. The average Bonchev–Trinajstić information content (AvgIpc) is 2.62.